The molecule has 0 aliphatic heterocycles. The van der Waals surface area contributed by atoms with E-state index in [2.05, 4.69) is 5.32 Å². The zero-order chi connectivity index (χ0) is 14.1. The zero-order valence-electron chi connectivity index (χ0n) is 10.9. The van der Waals surface area contributed by atoms with Crippen molar-refractivity contribution in [1.82, 2.24) is 5.32 Å². The zero-order valence-corrected chi connectivity index (χ0v) is 11.7. The summed E-state index contributed by atoms with van der Waals surface area (Å²) in [6.45, 7) is 0. The van der Waals surface area contributed by atoms with Crippen molar-refractivity contribution < 1.29 is 14.3 Å². The second-order valence-electron chi connectivity index (χ2n) is 5.22. The lowest BCUT2D eigenvalue weighted by molar-refractivity contribution is 0.0699. The summed E-state index contributed by atoms with van der Waals surface area (Å²) >= 11 is 5.91. The van der Waals surface area contributed by atoms with Crippen LogP contribution in [0.25, 0.3) is 11.0 Å². The van der Waals surface area contributed by atoms with Crippen molar-refractivity contribution in [3.05, 3.63) is 35.0 Å². The van der Waals surface area contributed by atoms with E-state index in [0.717, 1.165) is 31.1 Å². The molecule has 1 amide bonds. The second kappa shape index (κ2) is 5.46. The third kappa shape index (κ3) is 2.67. The maximum absolute atomic E-state index is 12.2. The maximum Gasteiger partial charge on any atom is 0.287 e. The predicted octanol–water partition coefficient (Wildman–Crippen LogP) is 3.12. The molecule has 2 aromatic rings. The fourth-order valence-corrected chi connectivity index (χ4v) is 2.83. The number of fused-ring (bicyclic) bond motifs is 1. The molecule has 3 rings (SSSR count). The van der Waals surface area contributed by atoms with Gasteiger partial charge in [-0.3, -0.25) is 4.79 Å². The van der Waals surface area contributed by atoms with Crippen LogP contribution in [-0.2, 0) is 0 Å². The van der Waals surface area contributed by atoms with E-state index in [9.17, 15) is 9.90 Å². The smallest absolute Gasteiger partial charge is 0.287 e. The summed E-state index contributed by atoms with van der Waals surface area (Å²) in [4.78, 5) is 12.2. The van der Waals surface area contributed by atoms with Crippen molar-refractivity contribution in [1.29, 1.82) is 0 Å². The molecule has 0 bridgehead atoms. The maximum atomic E-state index is 12.2. The molecule has 1 aliphatic carbocycles. The molecule has 1 aliphatic rings. The van der Waals surface area contributed by atoms with Gasteiger partial charge in [-0.1, -0.05) is 24.4 Å². The van der Waals surface area contributed by atoms with Gasteiger partial charge in [0.2, 0.25) is 0 Å². The molecule has 0 radical (unpaired) electrons. The summed E-state index contributed by atoms with van der Waals surface area (Å²) in [6, 6.07) is 6.70. The summed E-state index contributed by atoms with van der Waals surface area (Å²) < 4.78 is 5.51. The van der Waals surface area contributed by atoms with Gasteiger partial charge in [-0.2, -0.15) is 0 Å². The molecule has 1 heterocycles. The van der Waals surface area contributed by atoms with E-state index in [0.29, 0.717) is 10.6 Å². The highest BCUT2D eigenvalue weighted by atomic mass is 35.5. The Hall–Kier alpha value is -1.52. The Kier molecular flexibility index (Phi) is 3.68. The molecule has 0 saturated heterocycles. The van der Waals surface area contributed by atoms with Crippen LogP contribution in [0.3, 0.4) is 0 Å². The first-order chi connectivity index (χ1) is 9.63. The van der Waals surface area contributed by atoms with Crippen LogP contribution in [0.4, 0.5) is 0 Å². The predicted molar refractivity (Wildman–Crippen MR) is 77.0 cm³/mol. The minimum Gasteiger partial charge on any atom is -0.451 e. The topological polar surface area (TPSA) is 62.5 Å². The lowest BCUT2D eigenvalue weighted by Gasteiger charge is -2.27. The summed E-state index contributed by atoms with van der Waals surface area (Å²) in [5, 5.41) is 14.1. The number of halogens is 1. The normalized spacial score (nSPS) is 22.9. The first kappa shape index (κ1) is 13.5. The van der Waals surface area contributed by atoms with Crippen molar-refractivity contribution in [3.63, 3.8) is 0 Å². The molecule has 2 N–H and O–H groups in total. The first-order valence-electron chi connectivity index (χ1n) is 6.81. The average molecular weight is 294 g/mol. The Morgan fingerprint density at radius 3 is 2.90 bits per heavy atom. The first-order valence-corrected chi connectivity index (χ1v) is 7.19. The Bertz CT molecular complexity index is 637. The van der Waals surface area contributed by atoms with Gasteiger partial charge >= 0.3 is 0 Å². The van der Waals surface area contributed by atoms with Crippen molar-refractivity contribution in [3.8, 4) is 0 Å². The number of aliphatic hydroxyl groups is 1. The number of benzene rings is 1. The molecule has 4 nitrogen and oxygen atoms in total. The van der Waals surface area contributed by atoms with Crippen LogP contribution in [0, 0.1) is 0 Å². The Labute approximate surface area is 121 Å². The van der Waals surface area contributed by atoms with E-state index >= 15 is 0 Å². The van der Waals surface area contributed by atoms with Crippen LogP contribution in [0.2, 0.25) is 5.02 Å². The van der Waals surface area contributed by atoms with E-state index in [1.165, 1.54) is 0 Å². The quantitative estimate of drug-likeness (QED) is 0.894. The number of carbonyl (C=O) groups is 1. The fraction of sp³-hybridized carbons (Fsp3) is 0.400. The second-order valence-corrected chi connectivity index (χ2v) is 5.66. The van der Waals surface area contributed by atoms with Crippen LogP contribution in [0.5, 0.6) is 0 Å². The van der Waals surface area contributed by atoms with Crippen molar-refractivity contribution in [2.45, 2.75) is 37.8 Å². The molecule has 5 heteroatoms. The average Bonchev–Trinajstić information content (AvgIpc) is 2.84. The van der Waals surface area contributed by atoms with Crippen LogP contribution in [0.15, 0.2) is 28.7 Å². The highest BCUT2D eigenvalue weighted by molar-refractivity contribution is 6.31. The van der Waals surface area contributed by atoms with Crippen LogP contribution < -0.4 is 5.32 Å². The van der Waals surface area contributed by atoms with Crippen molar-refractivity contribution in [2.75, 3.05) is 0 Å². The lowest BCUT2D eigenvalue weighted by Crippen LogP contribution is -2.44. The molecule has 1 saturated carbocycles. The third-order valence-electron chi connectivity index (χ3n) is 3.75. The van der Waals surface area contributed by atoms with E-state index in [1.54, 1.807) is 24.3 Å². The highest BCUT2D eigenvalue weighted by Gasteiger charge is 2.25. The SMILES string of the molecule is O=C(NC1CCCCC1O)c1cc2cc(Cl)ccc2o1. The van der Waals surface area contributed by atoms with Gasteiger partial charge in [0.25, 0.3) is 5.91 Å². The van der Waals surface area contributed by atoms with E-state index in [4.69, 9.17) is 16.0 Å². The van der Waals surface area contributed by atoms with Gasteiger partial charge in [-0.25, -0.2) is 0 Å². The van der Waals surface area contributed by atoms with Gasteiger partial charge in [-0.15, -0.1) is 0 Å². The minimum atomic E-state index is -0.466. The molecule has 1 fully saturated rings. The summed E-state index contributed by atoms with van der Waals surface area (Å²) in [7, 11) is 0. The van der Waals surface area contributed by atoms with Gasteiger partial charge in [0.05, 0.1) is 12.1 Å². The molecule has 1 aromatic heterocycles. The number of hydrogen-bond donors (Lipinski definition) is 2. The molecule has 2 atom stereocenters. The van der Waals surface area contributed by atoms with Crippen molar-refractivity contribution >= 4 is 28.5 Å². The van der Waals surface area contributed by atoms with Gasteiger partial charge in [0.1, 0.15) is 5.58 Å². The Balaban J connectivity index is 1.78. The Morgan fingerprint density at radius 1 is 1.30 bits per heavy atom. The lowest BCUT2D eigenvalue weighted by atomic mass is 9.92. The molecule has 0 spiro atoms. The number of aliphatic hydroxyl groups excluding tert-OH is 1. The van der Waals surface area contributed by atoms with Crippen LogP contribution in [0.1, 0.15) is 36.2 Å². The highest BCUT2D eigenvalue weighted by Crippen LogP contribution is 2.24. The van der Waals surface area contributed by atoms with Gasteiger partial charge in [0, 0.05) is 10.4 Å². The number of nitrogens with one attached hydrogen (secondary N) is 1. The van der Waals surface area contributed by atoms with Gasteiger partial charge in [0.15, 0.2) is 5.76 Å². The van der Waals surface area contributed by atoms with Gasteiger partial charge < -0.3 is 14.8 Å². The summed E-state index contributed by atoms with van der Waals surface area (Å²) in [6.07, 6.45) is 3.11. The molecule has 2 unspecified atom stereocenters. The number of amides is 1. The standard InChI is InChI=1S/C15H16ClNO3/c16-10-5-6-13-9(7-10)8-14(20-13)15(19)17-11-3-1-2-4-12(11)18/h5-8,11-12,18H,1-4H2,(H,17,19). The number of carbonyl (C=O) groups excluding carboxylic acids is 1. The number of hydrogen-bond acceptors (Lipinski definition) is 3. The van der Waals surface area contributed by atoms with Gasteiger partial charge in [-0.05, 0) is 37.1 Å². The molecule has 106 valence electrons. The largest absolute Gasteiger partial charge is 0.451 e. The van der Waals surface area contributed by atoms with E-state index < -0.39 is 6.10 Å². The number of furan rings is 1. The van der Waals surface area contributed by atoms with Crippen LogP contribution >= 0.6 is 11.6 Å². The van der Waals surface area contributed by atoms with Crippen molar-refractivity contribution in [2.24, 2.45) is 0 Å². The monoisotopic (exact) mass is 293 g/mol. The molecule has 20 heavy (non-hydrogen) atoms. The summed E-state index contributed by atoms with van der Waals surface area (Å²) in [5.74, 6) is -0.0386. The molecule has 1 aromatic carbocycles. The fourth-order valence-electron chi connectivity index (χ4n) is 2.65. The van der Waals surface area contributed by atoms with E-state index in [1.807, 2.05) is 0 Å². The number of rotatable bonds is 2. The third-order valence-corrected chi connectivity index (χ3v) is 3.98. The Morgan fingerprint density at radius 2 is 2.10 bits per heavy atom. The minimum absolute atomic E-state index is 0.187. The molecular weight excluding hydrogens is 278 g/mol. The summed E-state index contributed by atoms with van der Waals surface area (Å²) in [5.41, 5.74) is 0.628. The van der Waals surface area contributed by atoms with Crippen LogP contribution in [-0.4, -0.2) is 23.2 Å². The molecular formula is C15H16ClNO3. The van der Waals surface area contributed by atoms with E-state index in [-0.39, 0.29) is 17.7 Å².